The van der Waals surface area contributed by atoms with Crippen LogP contribution in [0.2, 0.25) is 5.02 Å². The Morgan fingerprint density at radius 3 is 2.42 bits per heavy atom. The van der Waals surface area contributed by atoms with Gasteiger partial charge < -0.3 is 10.2 Å². The maximum absolute atomic E-state index is 12.5. The lowest BCUT2D eigenvalue weighted by Gasteiger charge is -2.10. The fourth-order valence-corrected chi connectivity index (χ4v) is 3.99. The summed E-state index contributed by atoms with van der Waals surface area (Å²) < 4.78 is 0.989. The van der Waals surface area contributed by atoms with Crippen molar-refractivity contribution in [2.75, 3.05) is 19.4 Å². The maximum Gasteiger partial charge on any atom is 0.267 e. The number of nitrogens with one attached hydrogen (secondary N) is 1. The van der Waals surface area contributed by atoms with E-state index < -0.39 is 0 Å². The van der Waals surface area contributed by atoms with Crippen molar-refractivity contribution in [1.29, 1.82) is 0 Å². The molecule has 2 amide bonds. The summed E-state index contributed by atoms with van der Waals surface area (Å²) in [4.78, 5) is 26.3. The van der Waals surface area contributed by atoms with Gasteiger partial charge in [0.2, 0.25) is 5.91 Å². The highest BCUT2D eigenvalue weighted by atomic mass is 35.5. The summed E-state index contributed by atoms with van der Waals surface area (Å²) in [6.45, 7) is 0. The van der Waals surface area contributed by atoms with Gasteiger partial charge in [-0.05, 0) is 30.2 Å². The highest BCUT2D eigenvalue weighted by molar-refractivity contribution is 7.21. The van der Waals surface area contributed by atoms with Gasteiger partial charge in [-0.15, -0.1) is 11.3 Å². The van der Waals surface area contributed by atoms with E-state index in [4.69, 9.17) is 11.6 Å². The molecule has 0 atom stereocenters. The van der Waals surface area contributed by atoms with E-state index >= 15 is 0 Å². The summed E-state index contributed by atoms with van der Waals surface area (Å²) in [5, 5.41) is 4.26. The Bertz CT molecular complexity index is 948. The summed E-state index contributed by atoms with van der Waals surface area (Å²) in [7, 11) is 3.50. The third kappa shape index (κ3) is 4.06. The summed E-state index contributed by atoms with van der Waals surface area (Å²) in [6.07, 6.45) is 1.14. The molecule has 6 heteroatoms. The van der Waals surface area contributed by atoms with Gasteiger partial charge in [0.15, 0.2) is 0 Å². The predicted octanol–water partition coefficient (Wildman–Crippen LogP) is 4.83. The minimum Gasteiger partial charge on any atom is -0.349 e. The number of halogens is 1. The largest absolute Gasteiger partial charge is 0.349 e. The first kappa shape index (κ1) is 18.4. The van der Waals surface area contributed by atoms with E-state index in [-0.39, 0.29) is 11.8 Å². The quantitative estimate of drug-likeness (QED) is 0.682. The number of carbonyl (C=O) groups is 2. The first-order valence-electron chi connectivity index (χ1n) is 8.23. The highest BCUT2D eigenvalue weighted by Gasteiger charge is 2.17. The van der Waals surface area contributed by atoms with Crippen molar-refractivity contribution in [3.05, 3.63) is 64.0 Å². The number of anilines is 1. The van der Waals surface area contributed by atoms with Crippen molar-refractivity contribution >= 4 is 50.5 Å². The van der Waals surface area contributed by atoms with Crippen molar-refractivity contribution in [3.63, 3.8) is 0 Å². The zero-order valence-electron chi connectivity index (χ0n) is 14.6. The van der Waals surface area contributed by atoms with E-state index in [1.807, 2.05) is 48.5 Å². The Morgan fingerprint density at radius 2 is 1.77 bits per heavy atom. The van der Waals surface area contributed by atoms with Gasteiger partial charge in [0, 0.05) is 36.3 Å². The van der Waals surface area contributed by atoms with Crippen LogP contribution in [-0.4, -0.2) is 30.8 Å². The molecule has 1 heterocycles. The van der Waals surface area contributed by atoms with Crippen LogP contribution in [0.25, 0.3) is 10.1 Å². The van der Waals surface area contributed by atoms with Crippen molar-refractivity contribution in [1.82, 2.24) is 4.90 Å². The van der Waals surface area contributed by atoms with Crippen LogP contribution < -0.4 is 5.32 Å². The number of benzene rings is 2. The van der Waals surface area contributed by atoms with Gasteiger partial charge in [-0.3, -0.25) is 9.59 Å². The van der Waals surface area contributed by atoms with Gasteiger partial charge in [0.05, 0.1) is 5.02 Å². The van der Waals surface area contributed by atoms with Crippen LogP contribution in [0.1, 0.15) is 21.7 Å². The van der Waals surface area contributed by atoms with Gasteiger partial charge in [-0.25, -0.2) is 0 Å². The summed E-state index contributed by atoms with van der Waals surface area (Å²) in [5.74, 6) is -0.117. The van der Waals surface area contributed by atoms with Gasteiger partial charge in [-0.1, -0.05) is 41.9 Å². The lowest BCUT2D eigenvalue weighted by Crippen LogP contribution is -2.21. The number of amides is 2. The molecule has 0 bridgehead atoms. The molecule has 1 aromatic heterocycles. The topological polar surface area (TPSA) is 49.4 Å². The monoisotopic (exact) mass is 386 g/mol. The molecular weight excluding hydrogens is 368 g/mol. The Balaban J connectivity index is 1.67. The van der Waals surface area contributed by atoms with Crippen molar-refractivity contribution in [3.8, 4) is 0 Å². The fraction of sp³-hybridized carbons (Fsp3) is 0.200. The predicted molar refractivity (Wildman–Crippen MR) is 108 cm³/mol. The first-order valence-corrected chi connectivity index (χ1v) is 9.42. The molecule has 0 saturated carbocycles. The molecule has 0 spiro atoms. The Labute approximate surface area is 161 Å². The zero-order chi connectivity index (χ0) is 18.7. The molecule has 134 valence electrons. The smallest absolute Gasteiger partial charge is 0.267 e. The molecule has 0 aliphatic rings. The number of fused-ring (bicyclic) bond motifs is 1. The van der Waals surface area contributed by atoms with Crippen molar-refractivity contribution in [2.24, 2.45) is 0 Å². The van der Waals surface area contributed by atoms with Crippen LogP contribution in [0.15, 0.2) is 48.5 Å². The van der Waals surface area contributed by atoms with E-state index in [1.54, 1.807) is 19.0 Å². The normalized spacial score (nSPS) is 10.7. The molecular formula is C20H19ClN2O2S. The van der Waals surface area contributed by atoms with Crippen LogP contribution in [-0.2, 0) is 11.2 Å². The zero-order valence-corrected chi connectivity index (χ0v) is 16.2. The second-order valence-corrected chi connectivity index (χ2v) is 7.61. The number of hydrogen-bond acceptors (Lipinski definition) is 3. The van der Waals surface area contributed by atoms with Crippen LogP contribution >= 0.6 is 22.9 Å². The number of rotatable bonds is 5. The average Bonchev–Trinajstić information content (AvgIpc) is 2.98. The molecule has 0 saturated heterocycles. The molecule has 3 rings (SSSR count). The molecule has 0 fully saturated rings. The standard InChI is InChI=1S/C20H19ClN2O2S/c1-23(2)17(24)12-9-13-7-10-14(11-8-13)22-20(25)19-18(21)15-5-3-4-6-16(15)26-19/h3-8,10-11H,9,12H2,1-2H3,(H,22,25). The highest BCUT2D eigenvalue weighted by Crippen LogP contribution is 2.35. The van der Waals surface area contributed by atoms with Crippen LogP contribution in [0, 0.1) is 0 Å². The van der Waals surface area contributed by atoms with E-state index in [9.17, 15) is 9.59 Å². The number of aryl methyl sites for hydroxylation is 1. The van der Waals surface area contributed by atoms with E-state index in [0.29, 0.717) is 28.4 Å². The third-order valence-corrected chi connectivity index (χ3v) is 5.75. The minimum absolute atomic E-state index is 0.0989. The Kier molecular flexibility index (Phi) is 5.59. The van der Waals surface area contributed by atoms with Gasteiger partial charge in [0.1, 0.15) is 4.88 Å². The average molecular weight is 387 g/mol. The Morgan fingerprint density at radius 1 is 1.08 bits per heavy atom. The van der Waals surface area contributed by atoms with E-state index in [0.717, 1.165) is 15.6 Å². The van der Waals surface area contributed by atoms with E-state index in [2.05, 4.69) is 5.32 Å². The summed E-state index contributed by atoms with van der Waals surface area (Å²) >= 11 is 7.74. The molecule has 0 aliphatic carbocycles. The lowest BCUT2D eigenvalue weighted by atomic mass is 10.1. The second kappa shape index (κ2) is 7.89. The van der Waals surface area contributed by atoms with E-state index in [1.165, 1.54) is 11.3 Å². The number of thiophene rings is 1. The molecule has 2 aromatic carbocycles. The second-order valence-electron chi connectivity index (χ2n) is 6.18. The molecule has 4 nitrogen and oxygen atoms in total. The van der Waals surface area contributed by atoms with Crippen molar-refractivity contribution < 1.29 is 9.59 Å². The van der Waals surface area contributed by atoms with Gasteiger partial charge in [-0.2, -0.15) is 0 Å². The molecule has 0 radical (unpaired) electrons. The van der Waals surface area contributed by atoms with Gasteiger partial charge in [0.25, 0.3) is 5.91 Å². The van der Waals surface area contributed by atoms with Crippen LogP contribution in [0.5, 0.6) is 0 Å². The SMILES string of the molecule is CN(C)C(=O)CCc1ccc(NC(=O)c2sc3ccccc3c2Cl)cc1. The van der Waals surface area contributed by atoms with Crippen LogP contribution in [0.4, 0.5) is 5.69 Å². The number of carbonyl (C=O) groups excluding carboxylic acids is 2. The minimum atomic E-state index is -0.216. The molecule has 3 aromatic rings. The maximum atomic E-state index is 12.5. The number of hydrogen-bond donors (Lipinski definition) is 1. The van der Waals surface area contributed by atoms with Crippen molar-refractivity contribution in [2.45, 2.75) is 12.8 Å². The molecule has 0 aliphatic heterocycles. The lowest BCUT2D eigenvalue weighted by molar-refractivity contribution is -0.128. The molecule has 26 heavy (non-hydrogen) atoms. The number of nitrogens with zero attached hydrogens (tertiary/aromatic N) is 1. The molecule has 0 unspecified atom stereocenters. The first-order chi connectivity index (χ1) is 12.5. The summed E-state index contributed by atoms with van der Waals surface area (Å²) in [6, 6.07) is 15.2. The third-order valence-electron chi connectivity index (χ3n) is 4.08. The summed E-state index contributed by atoms with van der Waals surface area (Å²) in [5.41, 5.74) is 1.75. The fourth-order valence-electron chi connectivity index (χ4n) is 2.58. The van der Waals surface area contributed by atoms with Crippen LogP contribution in [0.3, 0.4) is 0 Å². The van der Waals surface area contributed by atoms with Gasteiger partial charge >= 0.3 is 0 Å². The Hall–Kier alpha value is -2.37. The molecule has 1 N–H and O–H groups in total.